The smallest absolute Gasteiger partial charge is 0.309 e. The topological polar surface area (TPSA) is 35.5 Å². The highest BCUT2D eigenvalue weighted by molar-refractivity contribution is 5.73. The summed E-state index contributed by atoms with van der Waals surface area (Å²) in [4.78, 5) is 11.4. The number of esters is 1. The van der Waals surface area contributed by atoms with Crippen LogP contribution in [0.1, 0.15) is 17.5 Å². The van der Waals surface area contributed by atoms with E-state index in [4.69, 9.17) is 9.47 Å². The van der Waals surface area contributed by atoms with Gasteiger partial charge in [0.2, 0.25) is 0 Å². The molecule has 0 radical (unpaired) electrons. The van der Waals surface area contributed by atoms with Crippen molar-refractivity contribution in [2.24, 2.45) is 5.92 Å². The van der Waals surface area contributed by atoms with E-state index in [0.717, 1.165) is 24.0 Å². The molecule has 0 bridgehead atoms. The first-order chi connectivity index (χ1) is 8.15. The standard InChI is InChI=1S/C13H15FO3/c1-16-12-7-8-3-4-9(13(15)17-2)5-10(8)6-11(12)14/h6-7,9H,3-5H2,1-2H3. The average molecular weight is 238 g/mol. The molecule has 92 valence electrons. The van der Waals surface area contributed by atoms with E-state index in [2.05, 4.69) is 0 Å². The highest BCUT2D eigenvalue weighted by atomic mass is 19.1. The fourth-order valence-electron chi connectivity index (χ4n) is 2.28. The van der Waals surface area contributed by atoms with Crippen LogP contribution in [-0.4, -0.2) is 20.2 Å². The molecule has 2 rings (SSSR count). The van der Waals surface area contributed by atoms with Gasteiger partial charge in [0.25, 0.3) is 0 Å². The normalized spacial score (nSPS) is 18.4. The molecule has 0 aliphatic heterocycles. The lowest BCUT2D eigenvalue weighted by Crippen LogP contribution is -2.23. The van der Waals surface area contributed by atoms with Crippen molar-refractivity contribution in [3.05, 3.63) is 29.1 Å². The van der Waals surface area contributed by atoms with Crippen molar-refractivity contribution in [2.45, 2.75) is 19.3 Å². The number of methoxy groups -OCH3 is 2. The summed E-state index contributed by atoms with van der Waals surface area (Å²) in [6.45, 7) is 0. The van der Waals surface area contributed by atoms with Crippen LogP contribution in [0.2, 0.25) is 0 Å². The molecule has 1 aliphatic carbocycles. The summed E-state index contributed by atoms with van der Waals surface area (Å²) in [5.74, 6) is -0.482. The van der Waals surface area contributed by atoms with Crippen molar-refractivity contribution in [3.8, 4) is 5.75 Å². The van der Waals surface area contributed by atoms with Crippen LogP contribution in [0.5, 0.6) is 5.75 Å². The molecule has 1 atom stereocenters. The van der Waals surface area contributed by atoms with E-state index in [-0.39, 0.29) is 23.5 Å². The molecule has 1 aromatic rings. The van der Waals surface area contributed by atoms with Crippen LogP contribution in [0, 0.1) is 11.7 Å². The molecule has 0 N–H and O–H groups in total. The van der Waals surface area contributed by atoms with Crippen molar-refractivity contribution in [1.29, 1.82) is 0 Å². The SMILES string of the molecule is COC(=O)C1CCc2cc(OC)c(F)cc2C1. The van der Waals surface area contributed by atoms with E-state index in [1.165, 1.54) is 20.3 Å². The van der Waals surface area contributed by atoms with Crippen molar-refractivity contribution >= 4 is 5.97 Å². The van der Waals surface area contributed by atoms with Gasteiger partial charge in [0.15, 0.2) is 11.6 Å². The van der Waals surface area contributed by atoms with Gasteiger partial charge in [0.05, 0.1) is 20.1 Å². The van der Waals surface area contributed by atoms with Crippen LogP contribution in [0.15, 0.2) is 12.1 Å². The minimum absolute atomic E-state index is 0.153. The third-order valence-electron chi connectivity index (χ3n) is 3.24. The highest BCUT2D eigenvalue weighted by Gasteiger charge is 2.26. The van der Waals surface area contributed by atoms with Crippen LogP contribution in [0.4, 0.5) is 4.39 Å². The molecular weight excluding hydrogens is 223 g/mol. The van der Waals surface area contributed by atoms with Crippen molar-refractivity contribution in [1.82, 2.24) is 0 Å². The maximum absolute atomic E-state index is 13.5. The summed E-state index contributed by atoms with van der Waals surface area (Å²) in [6.07, 6.45) is 2.04. The Hall–Kier alpha value is -1.58. The first-order valence-electron chi connectivity index (χ1n) is 5.58. The van der Waals surface area contributed by atoms with Gasteiger partial charge in [-0.05, 0) is 42.5 Å². The van der Waals surface area contributed by atoms with Crippen LogP contribution < -0.4 is 4.74 Å². The highest BCUT2D eigenvalue weighted by Crippen LogP contribution is 2.31. The summed E-state index contributed by atoms with van der Waals surface area (Å²) < 4.78 is 23.2. The molecule has 0 fully saturated rings. The number of hydrogen-bond donors (Lipinski definition) is 0. The third kappa shape index (κ3) is 2.25. The Morgan fingerprint density at radius 3 is 2.76 bits per heavy atom. The van der Waals surface area contributed by atoms with E-state index in [0.29, 0.717) is 6.42 Å². The van der Waals surface area contributed by atoms with E-state index in [9.17, 15) is 9.18 Å². The lowest BCUT2D eigenvalue weighted by molar-refractivity contribution is -0.145. The Labute approximate surface area is 99.5 Å². The number of carbonyl (C=O) groups excluding carboxylic acids is 1. The van der Waals surface area contributed by atoms with Crippen LogP contribution in [0.25, 0.3) is 0 Å². The van der Waals surface area contributed by atoms with E-state index in [1.807, 2.05) is 0 Å². The minimum atomic E-state index is -0.378. The number of benzene rings is 1. The molecule has 1 unspecified atom stereocenters. The molecule has 0 spiro atoms. The van der Waals surface area contributed by atoms with Crippen molar-refractivity contribution in [2.75, 3.05) is 14.2 Å². The number of rotatable bonds is 2. The predicted octanol–water partition coefficient (Wildman–Crippen LogP) is 2.11. The first kappa shape index (κ1) is 11.9. The molecule has 0 saturated carbocycles. The Balaban J connectivity index is 2.27. The number of hydrogen-bond acceptors (Lipinski definition) is 3. The van der Waals surface area contributed by atoms with Crippen molar-refractivity contribution < 1.29 is 18.7 Å². The number of aryl methyl sites for hydroxylation is 1. The first-order valence-corrected chi connectivity index (χ1v) is 5.58. The summed E-state index contributed by atoms with van der Waals surface area (Å²) in [5.41, 5.74) is 1.94. The summed E-state index contributed by atoms with van der Waals surface area (Å²) >= 11 is 0. The fraction of sp³-hybridized carbons (Fsp3) is 0.462. The second-order valence-electron chi connectivity index (χ2n) is 4.22. The maximum atomic E-state index is 13.5. The average Bonchev–Trinajstić information content (AvgIpc) is 2.36. The summed E-state index contributed by atoms with van der Waals surface area (Å²) in [5, 5.41) is 0. The lowest BCUT2D eigenvalue weighted by Gasteiger charge is -2.23. The van der Waals surface area contributed by atoms with Crippen LogP contribution in [0.3, 0.4) is 0 Å². The number of fused-ring (bicyclic) bond motifs is 1. The zero-order valence-electron chi connectivity index (χ0n) is 9.96. The molecule has 1 aliphatic rings. The molecule has 0 aromatic heterocycles. The number of ether oxygens (including phenoxy) is 2. The third-order valence-corrected chi connectivity index (χ3v) is 3.24. The van der Waals surface area contributed by atoms with Gasteiger partial charge in [0.1, 0.15) is 0 Å². The van der Waals surface area contributed by atoms with Gasteiger partial charge in [0, 0.05) is 0 Å². The Kier molecular flexibility index (Phi) is 3.31. The Morgan fingerprint density at radius 2 is 2.12 bits per heavy atom. The summed E-state index contributed by atoms with van der Waals surface area (Å²) in [7, 11) is 2.83. The molecule has 0 heterocycles. The van der Waals surface area contributed by atoms with E-state index >= 15 is 0 Å². The number of carbonyl (C=O) groups is 1. The quantitative estimate of drug-likeness (QED) is 0.740. The Morgan fingerprint density at radius 1 is 1.35 bits per heavy atom. The minimum Gasteiger partial charge on any atom is -0.494 e. The van der Waals surface area contributed by atoms with Gasteiger partial charge in [-0.25, -0.2) is 4.39 Å². The van der Waals surface area contributed by atoms with E-state index < -0.39 is 0 Å². The van der Waals surface area contributed by atoms with Gasteiger partial charge in [-0.2, -0.15) is 0 Å². The summed E-state index contributed by atoms with van der Waals surface area (Å²) in [6, 6.07) is 3.18. The van der Waals surface area contributed by atoms with Gasteiger partial charge < -0.3 is 9.47 Å². The largest absolute Gasteiger partial charge is 0.494 e. The molecule has 0 saturated heterocycles. The molecule has 1 aromatic carbocycles. The zero-order chi connectivity index (χ0) is 12.4. The van der Waals surface area contributed by atoms with Crippen LogP contribution >= 0.6 is 0 Å². The second-order valence-corrected chi connectivity index (χ2v) is 4.22. The van der Waals surface area contributed by atoms with E-state index in [1.54, 1.807) is 6.07 Å². The Bertz CT molecular complexity index is 443. The number of halogens is 1. The molecule has 0 amide bonds. The van der Waals surface area contributed by atoms with Crippen LogP contribution in [-0.2, 0) is 22.4 Å². The van der Waals surface area contributed by atoms with Crippen molar-refractivity contribution in [3.63, 3.8) is 0 Å². The molecule has 3 nitrogen and oxygen atoms in total. The monoisotopic (exact) mass is 238 g/mol. The zero-order valence-corrected chi connectivity index (χ0v) is 9.96. The van der Waals surface area contributed by atoms with Gasteiger partial charge >= 0.3 is 5.97 Å². The maximum Gasteiger partial charge on any atom is 0.309 e. The van der Waals surface area contributed by atoms with Gasteiger partial charge in [-0.3, -0.25) is 4.79 Å². The van der Waals surface area contributed by atoms with Gasteiger partial charge in [-0.1, -0.05) is 0 Å². The fourth-order valence-corrected chi connectivity index (χ4v) is 2.28. The molecule has 4 heteroatoms. The second kappa shape index (κ2) is 4.73. The molecule has 17 heavy (non-hydrogen) atoms. The predicted molar refractivity (Wildman–Crippen MR) is 60.5 cm³/mol. The molecular formula is C13H15FO3. The van der Waals surface area contributed by atoms with Gasteiger partial charge in [-0.15, -0.1) is 0 Å². The lowest BCUT2D eigenvalue weighted by atomic mass is 9.84.